The lowest BCUT2D eigenvalue weighted by molar-refractivity contribution is -0.138. The van der Waals surface area contributed by atoms with Gasteiger partial charge in [-0.2, -0.15) is 0 Å². The molecule has 0 unspecified atom stereocenters. The van der Waals surface area contributed by atoms with E-state index >= 15 is 0 Å². The van der Waals surface area contributed by atoms with Crippen LogP contribution in [0.15, 0.2) is 54.6 Å². The first-order valence-corrected chi connectivity index (χ1v) is 13.1. The van der Waals surface area contributed by atoms with Gasteiger partial charge in [0.2, 0.25) is 21.8 Å². The Bertz CT molecular complexity index is 1040. The number of amides is 2. The molecule has 0 aromatic heterocycles. The van der Waals surface area contributed by atoms with Crippen molar-refractivity contribution < 1.29 is 18.0 Å². The third-order valence-electron chi connectivity index (χ3n) is 5.51. The van der Waals surface area contributed by atoms with Crippen molar-refractivity contribution in [1.29, 1.82) is 0 Å². The maximum Gasteiger partial charge on any atom is 0.244 e. The van der Waals surface area contributed by atoms with Gasteiger partial charge >= 0.3 is 0 Å². The Labute approximate surface area is 197 Å². The number of nitrogens with zero attached hydrogens (tertiary/aromatic N) is 2. The second-order valence-corrected chi connectivity index (χ2v) is 10.3. The van der Waals surface area contributed by atoms with Crippen molar-refractivity contribution >= 4 is 27.5 Å². The Balaban J connectivity index is 2.37. The molecule has 0 saturated carbocycles. The predicted octanol–water partition coefficient (Wildman–Crippen LogP) is 3.17. The molecule has 0 spiro atoms. The SMILES string of the molecule is CCNC(=O)[C@H](C)N(CCc1ccccc1)C(=O)CN(c1ccccc1C(C)C)S(C)(=O)=O. The number of hydrogen-bond donors (Lipinski definition) is 1. The number of anilines is 1. The average Bonchev–Trinajstić information content (AvgIpc) is 2.77. The van der Waals surface area contributed by atoms with Gasteiger partial charge < -0.3 is 10.2 Å². The zero-order valence-corrected chi connectivity index (χ0v) is 20.9. The molecule has 0 fully saturated rings. The van der Waals surface area contributed by atoms with Crippen LogP contribution in [0.2, 0.25) is 0 Å². The largest absolute Gasteiger partial charge is 0.355 e. The molecule has 1 atom stereocenters. The quantitative estimate of drug-likeness (QED) is 0.543. The van der Waals surface area contributed by atoms with Crippen molar-refractivity contribution in [2.75, 3.05) is 30.2 Å². The summed E-state index contributed by atoms with van der Waals surface area (Å²) < 4.78 is 26.6. The molecule has 2 aromatic carbocycles. The van der Waals surface area contributed by atoms with Crippen LogP contribution in [-0.2, 0) is 26.0 Å². The van der Waals surface area contributed by atoms with Crippen LogP contribution >= 0.6 is 0 Å². The van der Waals surface area contributed by atoms with E-state index in [1.54, 1.807) is 19.1 Å². The summed E-state index contributed by atoms with van der Waals surface area (Å²) in [6.45, 7) is 7.80. The lowest BCUT2D eigenvalue weighted by Crippen LogP contribution is -2.52. The number of carbonyl (C=O) groups excluding carboxylic acids is 2. The summed E-state index contributed by atoms with van der Waals surface area (Å²) in [7, 11) is -3.74. The van der Waals surface area contributed by atoms with Crippen LogP contribution in [0.5, 0.6) is 0 Å². The molecule has 0 bridgehead atoms. The van der Waals surface area contributed by atoms with E-state index in [2.05, 4.69) is 5.32 Å². The third-order valence-corrected chi connectivity index (χ3v) is 6.64. The smallest absolute Gasteiger partial charge is 0.244 e. The molecule has 1 N–H and O–H groups in total. The van der Waals surface area contributed by atoms with Crippen molar-refractivity contribution in [3.05, 3.63) is 65.7 Å². The summed E-state index contributed by atoms with van der Waals surface area (Å²) in [4.78, 5) is 27.5. The van der Waals surface area contributed by atoms with Crippen LogP contribution < -0.4 is 9.62 Å². The van der Waals surface area contributed by atoms with Gasteiger partial charge in [-0.3, -0.25) is 13.9 Å². The van der Waals surface area contributed by atoms with Gasteiger partial charge in [-0.1, -0.05) is 62.4 Å². The number of likely N-dealkylation sites (N-methyl/N-ethyl adjacent to an activating group) is 1. The summed E-state index contributed by atoms with van der Waals surface area (Å²) >= 11 is 0. The van der Waals surface area contributed by atoms with Gasteiger partial charge in [-0.05, 0) is 43.4 Å². The average molecular weight is 474 g/mol. The summed E-state index contributed by atoms with van der Waals surface area (Å²) in [5, 5.41) is 2.75. The maximum absolute atomic E-state index is 13.5. The molecule has 2 rings (SSSR count). The van der Waals surface area contributed by atoms with Gasteiger partial charge in [0, 0.05) is 13.1 Å². The van der Waals surface area contributed by atoms with E-state index in [-0.39, 0.29) is 18.4 Å². The molecule has 2 amide bonds. The lowest BCUT2D eigenvalue weighted by Gasteiger charge is -2.32. The molecular weight excluding hydrogens is 438 g/mol. The minimum absolute atomic E-state index is 0.0731. The van der Waals surface area contributed by atoms with E-state index in [1.807, 2.05) is 63.2 Å². The third kappa shape index (κ3) is 7.32. The Hall–Kier alpha value is -2.87. The van der Waals surface area contributed by atoms with Gasteiger partial charge in [0.1, 0.15) is 12.6 Å². The first kappa shape index (κ1) is 26.4. The summed E-state index contributed by atoms with van der Waals surface area (Å²) in [6.07, 6.45) is 1.65. The second kappa shape index (κ2) is 11.8. The van der Waals surface area contributed by atoms with Gasteiger partial charge in [0.25, 0.3) is 0 Å². The zero-order chi connectivity index (χ0) is 24.6. The van der Waals surface area contributed by atoms with E-state index in [0.717, 1.165) is 21.7 Å². The van der Waals surface area contributed by atoms with Gasteiger partial charge in [0.15, 0.2) is 0 Å². The van der Waals surface area contributed by atoms with E-state index in [1.165, 1.54) is 4.90 Å². The molecule has 0 saturated heterocycles. The molecule has 33 heavy (non-hydrogen) atoms. The van der Waals surface area contributed by atoms with E-state index in [4.69, 9.17) is 0 Å². The highest BCUT2D eigenvalue weighted by molar-refractivity contribution is 7.92. The Morgan fingerprint density at radius 1 is 0.970 bits per heavy atom. The zero-order valence-electron chi connectivity index (χ0n) is 20.1. The lowest BCUT2D eigenvalue weighted by atomic mass is 10.0. The van der Waals surface area contributed by atoms with Gasteiger partial charge in [-0.15, -0.1) is 0 Å². The molecule has 0 aliphatic heterocycles. The summed E-state index contributed by atoms with van der Waals surface area (Å²) in [5.41, 5.74) is 2.35. The van der Waals surface area contributed by atoms with Crippen LogP contribution in [0, 0.1) is 0 Å². The van der Waals surface area contributed by atoms with Crippen LogP contribution in [0.1, 0.15) is 44.7 Å². The standard InChI is InChI=1S/C25H35N3O4S/c1-6-26-25(30)20(4)27(17-16-21-12-8-7-9-13-21)24(29)18-28(33(5,31)32)23-15-11-10-14-22(23)19(2)3/h7-15,19-20H,6,16-18H2,1-5H3,(H,26,30)/t20-/m0/s1. The van der Waals surface area contributed by atoms with Crippen molar-refractivity contribution in [3.63, 3.8) is 0 Å². The highest BCUT2D eigenvalue weighted by atomic mass is 32.2. The number of nitrogens with one attached hydrogen (secondary N) is 1. The van der Waals surface area contributed by atoms with E-state index in [0.29, 0.717) is 25.2 Å². The van der Waals surface area contributed by atoms with Crippen molar-refractivity contribution in [2.24, 2.45) is 0 Å². The van der Waals surface area contributed by atoms with Crippen molar-refractivity contribution in [3.8, 4) is 0 Å². The predicted molar refractivity (Wildman–Crippen MR) is 133 cm³/mol. The number of para-hydroxylation sites is 1. The molecule has 0 radical (unpaired) electrons. The Morgan fingerprint density at radius 2 is 1.58 bits per heavy atom. The minimum Gasteiger partial charge on any atom is -0.355 e. The fourth-order valence-electron chi connectivity index (χ4n) is 3.69. The van der Waals surface area contributed by atoms with Crippen molar-refractivity contribution in [1.82, 2.24) is 10.2 Å². The summed E-state index contributed by atoms with van der Waals surface area (Å²) in [6, 6.07) is 16.1. The van der Waals surface area contributed by atoms with Gasteiger partial charge in [-0.25, -0.2) is 8.42 Å². The number of hydrogen-bond acceptors (Lipinski definition) is 4. The van der Waals surface area contributed by atoms with Crippen molar-refractivity contribution in [2.45, 2.75) is 46.1 Å². The van der Waals surface area contributed by atoms with E-state index < -0.39 is 22.0 Å². The fourth-order valence-corrected chi connectivity index (χ4v) is 4.56. The molecule has 0 heterocycles. The van der Waals surface area contributed by atoms with Crippen LogP contribution in [0.3, 0.4) is 0 Å². The van der Waals surface area contributed by atoms with Crippen LogP contribution in [0.4, 0.5) is 5.69 Å². The van der Waals surface area contributed by atoms with Gasteiger partial charge in [0.05, 0.1) is 11.9 Å². The Morgan fingerprint density at radius 3 is 2.15 bits per heavy atom. The molecule has 7 nitrogen and oxygen atoms in total. The molecule has 2 aromatic rings. The maximum atomic E-state index is 13.5. The number of sulfonamides is 1. The van der Waals surface area contributed by atoms with Crippen LogP contribution in [0.25, 0.3) is 0 Å². The van der Waals surface area contributed by atoms with E-state index in [9.17, 15) is 18.0 Å². The number of carbonyl (C=O) groups is 2. The molecular formula is C25H35N3O4S. The topological polar surface area (TPSA) is 86.8 Å². The highest BCUT2D eigenvalue weighted by Gasteiger charge is 2.30. The molecule has 8 heteroatoms. The fraction of sp³-hybridized carbons (Fsp3) is 0.440. The Kier molecular flexibility index (Phi) is 9.46. The first-order chi connectivity index (χ1) is 15.6. The normalized spacial score (nSPS) is 12.3. The van der Waals surface area contributed by atoms with Crippen LogP contribution in [-0.4, -0.2) is 57.1 Å². The monoisotopic (exact) mass is 473 g/mol. The molecule has 180 valence electrons. The number of rotatable bonds is 11. The first-order valence-electron chi connectivity index (χ1n) is 11.2. The number of benzene rings is 2. The highest BCUT2D eigenvalue weighted by Crippen LogP contribution is 2.29. The second-order valence-electron chi connectivity index (χ2n) is 8.38. The minimum atomic E-state index is -3.74. The molecule has 0 aliphatic rings. The summed E-state index contributed by atoms with van der Waals surface area (Å²) in [5.74, 6) is -0.620. The molecule has 0 aliphatic carbocycles.